The monoisotopic (exact) mass is 435 g/mol. The van der Waals surface area contributed by atoms with Gasteiger partial charge in [-0.1, -0.05) is 0 Å². The fraction of sp³-hybridized carbons (Fsp3) is 0.333. The molecule has 0 aliphatic carbocycles. The van der Waals surface area contributed by atoms with Crippen LogP contribution in [0.4, 0.5) is 0 Å². The molecule has 2 aromatic carbocycles. The first-order valence-corrected chi connectivity index (χ1v) is 9.53. The fourth-order valence-electron chi connectivity index (χ4n) is 3.58. The SMILES string of the molecule is OCC1O[C@H](OC2=Cc3c(O)cc(O)cc3[OH+]C2c2ccc(O)cc2)C(O)C(O)[C@@H]1O. The van der Waals surface area contributed by atoms with E-state index in [2.05, 4.69) is 4.74 Å². The lowest BCUT2D eigenvalue weighted by atomic mass is 9.98. The summed E-state index contributed by atoms with van der Waals surface area (Å²) in [5.41, 5.74) is 0.842. The van der Waals surface area contributed by atoms with E-state index in [4.69, 9.17) is 9.47 Å². The Hall–Kier alpha value is -3.02. The van der Waals surface area contributed by atoms with Crippen LogP contribution in [0.1, 0.15) is 17.2 Å². The fourth-order valence-corrected chi connectivity index (χ4v) is 3.58. The van der Waals surface area contributed by atoms with Gasteiger partial charge in [-0.2, -0.15) is 0 Å². The number of aromatic hydroxyl groups is 4. The minimum atomic E-state index is -1.63. The quantitative estimate of drug-likeness (QED) is 0.325. The topological polar surface area (TPSA) is 173 Å². The molecule has 31 heavy (non-hydrogen) atoms. The number of ether oxygens (including phenoxy) is 3. The average Bonchev–Trinajstić information content (AvgIpc) is 2.74. The molecule has 8 N–H and O–H groups in total. The summed E-state index contributed by atoms with van der Waals surface area (Å²) in [7, 11) is 0. The van der Waals surface area contributed by atoms with E-state index >= 15 is 0 Å². The zero-order valence-corrected chi connectivity index (χ0v) is 16.1. The lowest BCUT2D eigenvalue weighted by Crippen LogP contribution is -2.59. The van der Waals surface area contributed by atoms with Gasteiger partial charge in [-0.3, -0.25) is 0 Å². The third kappa shape index (κ3) is 3.99. The second-order valence-electron chi connectivity index (χ2n) is 7.38. The van der Waals surface area contributed by atoms with Gasteiger partial charge in [-0.05, 0) is 24.3 Å². The number of hydrogen-bond acceptors (Lipinski definition) is 9. The van der Waals surface area contributed by atoms with Gasteiger partial charge < -0.3 is 50.0 Å². The van der Waals surface area contributed by atoms with Crippen LogP contribution in [0.25, 0.3) is 6.08 Å². The maximum atomic E-state index is 10.3. The zero-order chi connectivity index (χ0) is 22.3. The van der Waals surface area contributed by atoms with E-state index in [1.807, 2.05) is 0 Å². The van der Waals surface area contributed by atoms with Crippen LogP contribution < -0.4 is 0 Å². The Bertz CT molecular complexity index is 971. The Morgan fingerprint density at radius 2 is 1.61 bits per heavy atom. The Morgan fingerprint density at radius 1 is 0.903 bits per heavy atom. The predicted octanol–water partition coefficient (Wildman–Crippen LogP) is -0.0430. The molecule has 10 heteroatoms. The first-order valence-electron chi connectivity index (χ1n) is 9.53. The van der Waals surface area contributed by atoms with Gasteiger partial charge in [0, 0.05) is 12.1 Å². The zero-order valence-electron chi connectivity index (χ0n) is 16.1. The largest absolute Gasteiger partial charge is 0.571 e. The highest BCUT2D eigenvalue weighted by Gasteiger charge is 2.46. The summed E-state index contributed by atoms with van der Waals surface area (Å²) < 4.78 is 15.7. The van der Waals surface area contributed by atoms with Gasteiger partial charge in [0.1, 0.15) is 47.2 Å². The third-order valence-corrected chi connectivity index (χ3v) is 5.25. The number of benzene rings is 2. The van der Waals surface area contributed by atoms with E-state index in [-0.39, 0.29) is 34.3 Å². The Morgan fingerprint density at radius 3 is 2.29 bits per heavy atom. The van der Waals surface area contributed by atoms with Crippen molar-refractivity contribution < 1.29 is 50.0 Å². The molecule has 10 nitrogen and oxygen atoms in total. The Labute approximate surface area is 176 Å². The molecule has 0 aromatic heterocycles. The first-order chi connectivity index (χ1) is 14.8. The van der Waals surface area contributed by atoms with Crippen LogP contribution in [0.5, 0.6) is 23.0 Å². The minimum absolute atomic E-state index is 0.0376. The molecule has 2 aliphatic rings. The summed E-state index contributed by atoms with van der Waals surface area (Å²) >= 11 is 0. The summed E-state index contributed by atoms with van der Waals surface area (Å²) in [4.78, 5) is 0. The maximum absolute atomic E-state index is 10.3. The van der Waals surface area contributed by atoms with Crippen molar-refractivity contribution in [2.75, 3.05) is 6.61 Å². The molecule has 0 radical (unpaired) electrons. The summed E-state index contributed by atoms with van der Waals surface area (Å²) in [5.74, 6) is 0.0184. The van der Waals surface area contributed by atoms with Crippen molar-refractivity contribution in [3.05, 3.63) is 53.3 Å². The predicted molar refractivity (Wildman–Crippen MR) is 105 cm³/mol. The van der Waals surface area contributed by atoms with Crippen LogP contribution in [-0.2, 0) is 9.47 Å². The number of aliphatic hydroxyl groups is 5. The molecule has 0 spiro atoms. The number of rotatable bonds is 4. The van der Waals surface area contributed by atoms with Crippen LogP contribution in [-0.4, -0.2) is 77.8 Å². The van der Waals surface area contributed by atoms with Crippen LogP contribution >= 0.6 is 0 Å². The first kappa shape index (κ1) is 21.2. The number of phenols is 3. The van der Waals surface area contributed by atoms with Crippen LogP contribution in [0.3, 0.4) is 0 Å². The third-order valence-electron chi connectivity index (χ3n) is 5.25. The molecule has 2 heterocycles. The highest BCUT2D eigenvalue weighted by Crippen LogP contribution is 2.45. The molecule has 0 amide bonds. The molecule has 4 rings (SSSR count). The summed E-state index contributed by atoms with van der Waals surface area (Å²) in [5, 5.41) is 69.3. The number of phenolic OH excluding ortho intramolecular Hbond substituents is 3. The van der Waals surface area contributed by atoms with Gasteiger partial charge in [-0.25, -0.2) is 0 Å². The molecule has 0 bridgehead atoms. The van der Waals surface area contributed by atoms with Crippen LogP contribution in [0, 0.1) is 0 Å². The summed E-state index contributed by atoms with van der Waals surface area (Å²) in [6.07, 6.45) is -6.74. The molecule has 1 fully saturated rings. The molecule has 6 atom stereocenters. The van der Waals surface area contributed by atoms with Crippen molar-refractivity contribution in [2.45, 2.75) is 36.8 Å². The van der Waals surface area contributed by atoms with Crippen molar-refractivity contribution in [2.24, 2.45) is 0 Å². The Kier molecular flexibility index (Phi) is 5.65. The van der Waals surface area contributed by atoms with Gasteiger partial charge in [0.05, 0.1) is 18.2 Å². The van der Waals surface area contributed by atoms with E-state index in [1.165, 1.54) is 24.3 Å². The van der Waals surface area contributed by atoms with E-state index in [0.717, 1.165) is 6.07 Å². The Balaban J connectivity index is 1.72. The van der Waals surface area contributed by atoms with E-state index in [1.54, 1.807) is 12.1 Å². The average molecular weight is 435 g/mol. The smallest absolute Gasteiger partial charge is 0.270 e. The van der Waals surface area contributed by atoms with Crippen molar-refractivity contribution >= 4 is 6.08 Å². The van der Waals surface area contributed by atoms with Crippen molar-refractivity contribution in [3.63, 3.8) is 0 Å². The normalized spacial score (nSPS) is 30.1. The minimum Gasteiger partial charge on any atom is -0.571 e. The molecule has 1 saturated heterocycles. The standard InChI is InChI=1S/C21H22O10/c22-8-16-17(26)18(27)19(28)21(31-16)30-15-7-12-13(25)5-11(24)6-14(12)29-20(15)9-1-3-10(23)4-2-9/h1-7,16-28H,8H2/p+1/t16?,17-,18?,19?,20?,21+/m1/s1. The molecule has 2 aromatic rings. The molecular formula is C21H23O10+. The molecule has 2 aliphatic heterocycles. The maximum Gasteiger partial charge on any atom is 0.270 e. The lowest BCUT2D eigenvalue weighted by Gasteiger charge is -2.40. The number of fused-ring (bicyclic) bond motifs is 1. The highest BCUT2D eigenvalue weighted by atomic mass is 16.7. The van der Waals surface area contributed by atoms with Gasteiger partial charge in [0.2, 0.25) is 6.29 Å². The van der Waals surface area contributed by atoms with E-state index in [0.29, 0.717) is 5.56 Å². The van der Waals surface area contributed by atoms with E-state index in [9.17, 15) is 35.7 Å². The van der Waals surface area contributed by atoms with Crippen molar-refractivity contribution in [1.29, 1.82) is 0 Å². The van der Waals surface area contributed by atoms with Gasteiger partial charge in [0.15, 0.2) is 5.76 Å². The van der Waals surface area contributed by atoms with E-state index < -0.39 is 43.4 Å². The van der Waals surface area contributed by atoms with Crippen molar-refractivity contribution in [1.82, 2.24) is 0 Å². The van der Waals surface area contributed by atoms with Gasteiger partial charge >= 0.3 is 0 Å². The second kappa shape index (κ2) is 8.25. The summed E-state index contributed by atoms with van der Waals surface area (Å²) in [6, 6.07) is 8.60. The highest BCUT2D eigenvalue weighted by molar-refractivity contribution is 5.69. The van der Waals surface area contributed by atoms with Crippen LogP contribution in [0.15, 0.2) is 42.2 Å². The number of hydrogen-bond donors (Lipinski definition) is 7. The van der Waals surface area contributed by atoms with Crippen LogP contribution in [0.2, 0.25) is 0 Å². The second-order valence-corrected chi connectivity index (χ2v) is 7.38. The summed E-state index contributed by atoms with van der Waals surface area (Å²) in [6.45, 7) is -0.613. The van der Waals surface area contributed by atoms with Crippen molar-refractivity contribution in [3.8, 4) is 23.0 Å². The van der Waals surface area contributed by atoms with Gasteiger partial charge in [0.25, 0.3) is 11.9 Å². The molecule has 166 valence electrons. The number of aliphatic hydroxyl groups excluding tert-OH is 4. The lowest BCUT2D eigenvalue weighted by molar-refractivity contribution is -0.295. The molecule has 0 saturated carbocycles. The molecular weight excluding hydrogens is 412 g/mol. The molecule has 4 unspecified atom stereocenters. The van der Waals surface area contributed by atoms with Gasteiger partial charge in [-0.15, -0.1) is 0 Å².